The summed E-state index contributed by atoms with van der Waals surface area (Å²) in [5.74, 6) is -0.291. The molecule has 1 saturated heterocycles. The van der Waals surface area contributed by atoms with Gasteiger partial charge in [-0.3, -0.25) is 9.69 Å². The van der Waals surface area contributed by atoms with Gasteiger partial charge in [-0.15, -0.1) is 11.3 Å². The van der Waals surface area contributed by atoms with E-state index in [1.807, 2.05) is 0 Å². The van der Waals surface area contributed by atoms with Crippen LogP contribution < -0.4 is 5.32 Å². The Labute approximate surface area is 182 Å². The van der Waals surface area contributed by atoms with Crippen LogP contribution in [0.4, 0.5) is 0 Å². The van der Waals surface area contributed by atoms with E-state index < -0.39 is 10.0 Å². The molecule has 1 fully saturated rings. The number of benzene rings is 1. The summed E-state index contributed by atoms with van der Waals surface area (Å²) in [5, 5.41) is 4.80. The molecule has 0 aliphatic carbocycles. The van der Waals surface area contributed by atoms with Gasteiger partial charge in [0, 0.05) is 39.3 Å². The predicted octanol–water partition coefficient (Wildman–Crippen LogP) is 2.71. The van der Waals surface area contributed by atoms with Crippen LogP contribution in [0, 0.1) is 5.92 Å². The second kappa shape index (κ2) is 9.60. The van der Waals surface area contributed by atoms with Crippen molar-refractivity contribution < 1.29 is 13.2 Å². The Bertz CT molecular complexity index is 960. The lowest BCUT2D eigenvalue weighted by molar-refractivity contribution is -0.126. The fraction of sp³-hybridized carbons (Fsp3) is 0.500. The van der Waals surface area contributed by atoms with E-state index in [0.717, 1.165) is 45.3 Å². The lowest BCUT2D eigenvalue weighted by Gasteiger charge is -2.31. The van der Waals surface area contributed by atoms with Gasteiger partial charge in [0.15, 0.2) is 0 Å². The second-order valence-corrected chi connectivity index (χ2v) is 11.2. The van der Waals surface area contributed by atoms with Gasteiger partial charge in [-0.05, 0) is 48.3 Å². The molecular formula is C22H29N3O3S2. The normalized spacial score (nSPS) is 20.6. The molecule has 8 heteroatoms. The molecule has 0 radical (unpaired) electrons. The smallest absolute Gasteiger partial charge is 0.252 e. The Hall–Kier alpha value is -1.74. The van der Waals surface area contributed by atoms with Gasteiger partial charge in [-0.25, -0.2) is 8.42 Å². The third-order valence-corrected chi connectivity index (χ3v) is 9.24. The van der Waals surface area contributed by atoms with Gasteiger partial charge in [-0.1, -0.05) is 30.3 Å². The van der Waals surface area contributed by atoms with Gasteiger partial charge in [0.05, 0.1) is 5.92 Å². The first kappa shape index (κ1) is 21.5. The highest BCUT2D eigenvalue weighted by Crippen LogP contribution is 2.26. The van der Waals surface area contributed by atoms with E-state index in [1.54, 1.807) is 17.5 Å². The molecule has 30 heavy (non-hydrogen) atoms. The molecule has 3 heterocycles. The lowest BCUT2D eigenvalue weighted by Crippen LogP contribution is -2.45. The Morgan fingerprint density at radius 1 is 1.13 bits per heavy atom. The van der Waals surface area contributed by atoms with Gasteiger partial charge < -0.3 is 5.32 Å². The number of carbonyl (C=O) groups excluding carboxylic acids is 1. The highest BCUT2D eigenvalue weighted by Gasteiger charge is 2.33. The van der Waals surface area contributed by atoms with Crippen molar-refractivity contribution in [3.05, 3.63) is 52.9 Å². The number of carbonyl (C=O) groups is 1. The highest BCUT2D eigenvalue weighted by atomic mass is 32.2. The Kier molecular flexibility index (Phi) is 6.87. The summed E-state index contributed by atoms with van der Waals surface area (Å²) in [6.07, 6.45) is 3.44. The van der Waals surface area contributed by atoms with Crippen molar-refractivity contribution in [1.82, 2.24) is 14.5 Å². The standard InChI is InChI=1S/C22H29N3O3S2/c26-22(20-8-3-13-25(17-20)30(27,28)21-9-4-15-29-21)23-11-5-12-24-14-10-18-6-1-2-7-19(18)16-24/h1-2,4,6-7,9,15,20H,3,5,8,10-14,16-17H2,(H,23,26). The van der Waals surface area contributed by atoms with Gasteiger partial charge in [0.25, 0.3) is 10.0 Å². The molecule has 1 aromatic carbocycles. The summed E-state index contributed by atoms with van der Waals surface area (Å²) >= 11 is 1.22. The van der Waals surface area contributed by atoms with Crippen LogP contribution in [0.15, 0.2) is 46.0 Å². The predicted molar refractivity (Wildman–Crippen MR) is 119 cm³/mol. The maximum absolute atomic E-state index is 12.7. The zero-order valence-corrected chi connectivity index (χ0v) is 18.8. The molecule has 2 aromatic rings. The summed E-state index contributed by atoms with van der Waals surface area (Å²) in [5.41, 5.74) is 2.85. The van der Waals surface area contributed by atoms with Crippen LogP contribution in [0.25, 0.3) is 0 Å². The average molecular weight is 448 g/mol. The highest BCUT2D eigenvalue weighted by molar-refractivity contribution is 7.91. The van der Waals surface area contributed by atoms with Gasteiger partial charge in [0.1, 0.15) is 4.21 Å². The summed E-state index contributed by atoms with van der Waals surface area (Å²) in [7, 11) is -3.48. The molecule has 1 aromatic heterocycles. The first-order chi connectivity index (χ1) is 14.5. The van der Waals surface area contributed by atoms with Crippen LogP contribution >= 0.6 is 11.3 Å². The molecule has 4 rings (SSSR count). The third-order valence-electron chi connectivity index (χ3n) is 6.00. The molecular weight excluding hydrogens is 418 g/mol. The zero-order chi connectivity index (χ0) is 21.0. The van der Waals surface area contributed by atoms with Crippen LogP contribution in [-0.4, -0.2) is 56.3 Å². The minimum absolute atomic E-state index is 0.0231. The number of nitrogens with zero attached hydrogens (tertiary/aromatic N) is 2. The van der Waals surface area contributed by atoms with Crippen LogP contribution in [0.2, 0.25) is 0 Å². The quantitative estimate of drug-likeness (QED) is 0.663. The van der Waals surface area contributed by atoms with Gasteiger partial charge >= 0.3 is 0 Å². The first-order valence-corrected chi connectivity index (χ1v) is 13.0. The summed E-state index contributed by atoms with van der Waals surface area (Å²) in [6.45, 7) is 4.38. The van der Waals surface area contributed by atoms with E-state index in [-0.39, 0.29) is 18.4 Å². The largest absolute Gasteiger partial charge is 0.356 e. The molecule has 1 atom stereocenters. The van der Waals surface area contributed by atoms with Crippen LogP contribution in [0.1, 0.15) is 30.4 Å². The molecule has 0 spiro atoms. The molecule has 1 unspecified atom stereocenters. The third kappa shape index (κ3) is 4.94. The van der Waals surface area contributed by atoms with Crippen molar-refractivity contribution in [1.29, 1.82) is 0 Å². The Morgan fingerprint density at radius 2 is 1.97 bits per heavy atom. The maximum atomic E-state index is 12.7. The van der Waals surface area contributed by atoms with Crippen LogP contribution in [0.5, 0.6) is 0 Å². The molecule has 162 valence electrons. The van der Waals surface area contributed by atoms with Crippen molar-refractivity contribution in [2.75, 3.05) is 32.7 Å². The van der Waals surface area contributed by atoms with E-state index >= 15 is 0 Å². The topological polar surface area (TPSA) is 69.7 Å². The SMILES string of the molecule is O=C(NCCCN1CCc2ccccc2C1)C1CCCN(S(=O)(=O)c2cccs2)C1. The van der Waals surface area contributed by atoms with E-state index in [2.05, 4.69) is 34.5 Å². The molecule has 2 aliphatic heterocycles. The molecule has 0 bridgehead atoms. The molecule has 1 amide bonds. The van der Waals surface area contributed by atoms with Crippen molar-refractivity contribution in [3.63, 3.8) is 0 Å². The maximum Gasteiger partial charge on any atom is 0.252 e. The minimum Gasteiger partial charge on any atom is -0.356 e. The molecule has 2 aliphatic rings. The van der Waals surface area contributed by atoms with Crippen molar-refractivity contribution in [2.45, 2.75) is 36.4 Å². The van der Waals surface area contributed by atoms with Gasteiger partial charge in [-0.2, -0.15) is 4.31 Å². The fourth-order valence-electron chi connectivity index (χ4n) is 4.32. The van der Waals surface area contributed by atoms with Crippen molar-refractivity contribution >= 4 is 27.3 Å². The molecule has 6 nitrogen and oxygen atoms in total. The van der Waals surface area contributed by atoms with Crippen molar-refractivity contribution in [2.24, 2.45) is 5.92 Å². The summed E-state index contributed by atoms with van der Waals surface area (Å²) in [6, 6.07) is 12.0. The number of sulfonamides is 1. The molecule has 0 saturated carbocycles. The lowest BCUT2D eigenvalue weighted by atomic mass is 9.99. The summed E-state index contributed by atoms with van der Waals surface area (Å²) in [4.78, 5) is 15.1. The summed E-state index contributed by atoms with van der Waals surface area (Å²) < 4.78 is 27.3. The van der Waals surface area contributed by atoms with Gasteiger partial charge in [0.2, 0.25) is 5.91 Å². The van der Waals surface area contributed by atoms with E-state index in [4.69, 9.17) is 0 Å². The number of nitrogens with one attached hydrogen (secondary N) is 1. The van der Waals surface area contributed by atoms with E-state index in [1.165, 1.54) is 26.8 Å². The second-order valence-electron chi connectivity index (χ2n) is 8.07. The van der Waals surface area contributed by atoms with Crippen LogP contribution in [0.3, 0.4) is 0 Å². The van der Waals surface area contributed by atoms with E-state index in [9.17, 15) is 13.2 Å². The minimum atomic E-state index is -3.48. The number of hydrogen-bond donors (Lipinski definition) is 1. The van der Waals surface area contributed by atoms with E-state index in [0.29, 0.717) is 17.3 Å². The fourth-order valence-corrected chi connectivity index (χ4v) is 6.98. The Morgan fingerprint density at radius 3 is 2.77 bits per heavy atom. The number of fused-ring (bicyclic) bond motifs is 1. The zero-order valence-electron chi connectivity index (χ0n) is 17.1. The number of thiophene rings is 1. The molecule has 1 N–H and O–H groups in total. The average Bonchev–Trinajstić information content (AvgIpc) is 3.32. The number of rotatable bonds is 7. The van der Waals surface area contributed by atoms with Crippen molar-refractivity contribution in [3.8, 4) is 0 Å². The monoisotopic (exact) mass is 447 g/mol. The Balaban J connectivity index is 1.22. The number of piperidine rings is 1. The first-order valence-electron chi connectivity index (χ1n) is 10.6. The number of hydrogen-bond acceptors (Lipinski definition) is 5. The number of amides is 1. The van der Waals surface area contributed by atoms with Crippen LogP contribution in [-0.2, 0) is 27.8 Å².